The third-order valence-corrected chi connectivity index (χ3v) is 8.65. The lowest BCUT2D eigenvalue weighted by molar-refractivity contribution is -0.140. The van der Waals surface area contributed by atoms with Gasteiger partial charge < -0.3 is 15.0 Å². The molecule has 0 radical (unpaired) electrons. The Morgan fingerprint density at radius 2 is 1.56 bits per heavy atom. The van der Waals surface area contributed by atoms with Crippen LogP contribution < -0.4 is 14.4 Å². The number of nitrogens with one attached hydrogen (secondary N) is 1. The first kappa shape index (κ1) is 31.7. The van der Waals surface area contributed by atoms with E-state index in [0.717, 1.165) is 28.3 Å². The first-order valence-electron chi connectivity index (χ1n) is 14.1. The van der Waals surface area contributed by atoms with Crippen LogP contribution in [0.3, 0.4) is 0 Å². The fraction of sp³-hybridized carbons (Fsp3) is 0.375. The van der Waals surface area contributed by atoms with Crippen molar-refractivity contribution in [3.63, 3.8) is 0 Å². The lowest BCUT2D eigenvalue weighted by Gasteiger charge is -2.33. The molecular formula is C32H41N3O5S. The molecule has 0 aliphatic heterocycles. The standard InChI is InChI=1S/C32H41N3O5S/c1-5-8-22-33-32(37)30(6-2)34(23-26-15-13-12-14-25(26)4)31(36)24-35(27-16-10-9-11-17-27)41(38,39)29-20-18-28(19-21-29)40-7-3/h9-21,30H,5-8,22-24H2,1-4H3,(H,33,37)/t30-/m1/s1. The smallest absolute Gasteiger partial charge is 0.264 e. The second-order valence-electron chi connectivity index (χ2n) is 9.77. The van der Waals surface area contributed by atoms with E-state index in [9.17, 15) is 18.0 Å². The van der Waals surface area contributed by atoms with Gasteiger partial charge in [0.25, 0.3) is 10.0 Å². The summed E-state index contributed by atoms with van der Waals surface area (Å²) in [6, 6.07) is 21.6. The van der Waals surface area contributed by atoms with E-state index in [0.29, 0.717) is 31.0 Å². The molecule has 0 unspecified atom stereocenters. The molecule has 2 amide bonds. The largest absolute Gasteiger partial charge is 0.494 e. The van der Waals surface area contributed by atoms with Crippen LogP contribution in [-0.2, 0) is 26.2 Å². The van der Waals surface area contributed by atoms with Gasteiger partial charge in [-0.3, -0.25) is 13.9 Å². The van der Waals surface area contributed by atoms with E-state index in [1.54, 1.807) is 42.5 Å². The highest BCUT2D eigenvalue weighted by atomic mass is 32.2. The lowest BCUT2D eigenvalue weighted by atomic mass is 10.1. The monoisotopic (exact) mass is 579 g/mol. The third-order valence-electron chi connectivity index (χ3n) is 6.86. The second kappa shape index (κ2) is 15.2. The summed E-state index contributed by atoms with van der Waals surface area (Å²) in [5.74, 6) is -0.161. The molecule has 3 rings (SSSR count). The van der Waals surface area contributed by atoms with Gasteiger partial charge in [0.15, 0.2) is 0 Å². The summed E-state index contributed by atoms with van der Waals surface area (Å²) < 4.78 is 34.5. The number of carbonyl (C=O) groups is 2. The van der Waals surface area contributed by atoms with E-state index in [-0.39, 0.29) is 17.3 Å². The van der Waals surface area contributed by atoms with Crippen molar-refractivity contribution in [1.82, 2.24) is 10.2 Å². The van der Waals surface area contributed by atoms with Crippen LogP contribution in [0.1, 0.15) is 51.2 Å². The minimum Gasteiger partial charge on any atom is -0.494 e. The molecule has 8 nitrogen and oxygen atoms in total. The maximum Gasteiger partial charge on any atom is 0.264 e. The van der Waals surface area contributed by atoms with Crippen LogP contribution in [0.4, 0.5) is 5.69 Å². The van der Waals surface area contributed by atoms with Crippen molar-refractivity contribution in [3.05, 3.63) is 90.0 Å². The average Bonchev–Trinajstić information content (AvgIpc) is 2.97. The Balaban J connectivity index is 2.01. The molecule has 0 saturated carbocycles. The number of hydrogen-bond donors (Lipinski definition) is 1. The van der Waals surface area contributed by atoms with E-state index in [1.807, 2.05) is 52.0 Å². The average molecular weight is 580 g/mol. The molecule has 3 aromatic rings. The van der Waals surface area contributed by atoms with E-state index in [1.165, 1.54) is 17.0 Å². The van der Waals surface area contributed by atoms with Gasteiger partial charge in [-0.1, -0.05) is 62.7 Å². The topological polar surface area (TPSA) is 96.0 Å². The van der Waals surface area contributed by atoms with Crippen molar-refractivity contribution in [3.8, 4) is 5.75 Å². The number of ether oxygens (including phenoxy) is 1. The Hall–Kier alpha value is -3.85. The van der Waals surface area contributed by atoms with E-state index < -0.39 is 28.5 Å². The minimum absolute atomic E-state index is 0.0346. The predicted molar refractivity (Wildman–Crippen MR) is 162 cm³/mol. The van der Waals surface area contributed by atoms with E-state index in [2.05, 4.69) is 5.32 Å². The summed E-state index contributed by atoms with van der Waals surface area (Å²) in [5.41, 5.74) is 2.22. The Morgan fingerprint density at radius 3 is 2.17 bits per heavy atom. The van der Waals surface area contributed by atoms with Gasteiger partial charge in [0, 0.05) is 13.1 Å². The van der Waals surface area contributed by atoms with Crippen molar-refractivity contribution in [2.24, 2.45) is 0 Å². The summed E-state index contributed by atoms with van der Waals surface area (Å²) in [6.07, 6.45) is 2.14. The maximum absolute atomic E-state index is 14.1. The van der Waals surface area contributed by atoms with Crippen LogP contribution in [-0.4, -0.2) is 50.9 Å². The molecular weight excluding hydrogens is 538 g/mol. The first-order chi connectivity index (χ1) is 19.7. The number of sulfonamides is 1. The van der Waals surface area contributed by atoms with Crippen LogP contribution in [0.2, 0.25) is 0 Å². The van der Waals surface area contributed by atoms with Gasteiger partial charge >= 0.3 is 0 Å². The number of benzene rings is 3. The SMILES string of the molecule is CCCCNC(=O)[C@@H](CC)N(Cc1ccccc1C)C(=O)CN(c1ccccc1)S(=O)(=O)c1ccc(OCC)cc1. The van der Waals surface area contributed by atoms with E-state index >= 15 is 0 Å². The van der Waals surface area contributed by atoms with Crippen molar-refractivity contribution in [2.75, 3.05) is 24.0 Å². The predicted octanol–water partition coefficient (Wildman–Crippen LogP) is 5.31. The summed E-state index contributed by atoms with van der Waals surface area (Å²) >= 11 is 0. The van der Waals surface area contributed by atoms with Crippen LogP contribution in [0.5, 0.6) is 5.75 Å². The summed E-state index contributed by atoms with van der Waals surface area (Å²) in [4.78, 5) is 28.9. The van der Waals surface area contributed by atoms with Gasteiger partial charge in [-0.15, -0.1) is 0 Å². The molecule has 0 fully saturated rings. The van der Waals surface area contributed by atoms with Crippen molar-refractivity contribution < 1.29 is 22.7 Å². The summed E-state index contributed by atoms with van der Waals surface area (Å²) in [6.45, 7) is 8.38. The highest BCUT2D eigenvalue weighted by Gasteiger charge is 2.33. The number of rotatable bonds is 15. The normalized spacial score (nSPS) is 11.9. The Bertz CT molecular complexity index is 1380. The molecule has 0 aromatic heterocycles. The first-order valence-corrected chi connectivity index (χ1v) is 15.6. The van der Waals surface area contributed by atoms with E-state index in [4.69, 9.17) is 4.74 Å². The van der Waals surface area contributed by atoms with Crippen LogP contribution in [0.25, 0.3) is 0 Å². The summed E-state index contributed by atoms with van der Waals surface area (Å²) in [7, 11) is -4.14. The quantitative estimate of drug-likeness (QED) is 0.246. The van der Waals surface area contributed by atoms with Gasteiger partial charge in [-0.05, 0) is 74.2 Å². The highest BCUT2D eigenvalue weighted by Crippen LogP contribution is 2.26. The number of unbranched alkanes of at least 4 members (excludes halogenated alkanes) is 1. The zero-order valence-electron chi connectivity index (χ0n) is 24.4. The van der Waals surface area contributed by atoms with Crippen molar-refractivity contribution in [1.29, 1.82) is 0 Å². The fourth-order valence-electron chi connectivity index (χ4n) is 4.52. The second-order valence-corrected chi connectivity index (χ2v) is 11.6. The van der Waals surface area contributed by atoms with Gasteiger partial charge in [0.2, 0.25) is 11.8 Å². The number of aryl methyl sites for hydroxylation is 1. The molecule has 1 N–H and O–H groups in total. The van der Waals surface area contributed by atoms with Gasteiger partial charge in [0.1, 0.15) is 18.3 Å². The molecule has 0 saturated heterocycles. The van der Waals surface area contributed by atoms with Gasteiger partial charge in [-0.25, -0.2) is 8.42 Å². The third kappa shape index (κ3) is 8.33. The molecule has 41 heavy (non-hydrogen) atoms. The fourth-order valence-corrected chi connectivity index (χ4v) is 5.94. The highest BCUT2D eigenvalue weighted by molar-refractivity contribution is 7.92. The minimum atomic E-state index is -4.14. The van der Waals surface area contributed by atoms with Gasteiger partial charge in [-0.2, -0.15) is 0 Å². The van der Waals surface area contributed by atoms with Crippen molar-refractivity contribution >= 4 is 27.5 Å². The lowest BCUT2D eigenvalue weighted by Crippen LogP contribution is -2.52. The number of amides is 2. The molecule has 1 atom stereocenters. The zero-order valence-corrected chi connectivity index (χ0v) is 25.2. The van der Waals surface area contributed by atoms with Crippen molar-refractivity contribution in [2.45, 2.75) is 64.4 Å². The van der Waals surface area contributed by atoms with Crippen LogP contribution in [0, 0.1) is 6.92 Å². The molecule has 9 heteroatoms. The Kier molecular flexibility index (Phi) is 11.8. The molecule has 0 aliphatic carbocycles. The zero-order chi connectivity index (χ0) is 29.8. The number of carbonyl (C=O) groups excluding carboxylic acids is 2. The molecule has 220 valence electrons. The number of anilines is 1. The van der Waals surface area contributed by atoms with Gasteiger partial charge in [0.05, 0.1) is 17.2 Å². The number of hydrogen-bond acceptors (Lipinski definition) is 5. The Labute approximate surface area is 244 Å². The molecule has 0 spiro atoms. The summed E-state index contributed by atoms with van der Waals surface area (Å²) in [5, 5.41) is 2.95. The maximum atomic E-state index is 14.1. The van der Waals surface area contributed by atoms with Crippen LogP contribution >= 0.6 is 0 Å². The molecule has 0 aliphatic rings. The number of nitrogens with zero attached hydrogens (tertiary/aromatic N) is 2. The molecule has 0 heterocycles. The van der Waals surface area contributed by atoms with Crippen LogP contribution in [0.15, 0.2) is 83.8 Å². The molecule has 0 bridgehead atoms. The Morgan fingerprint density at radius 1 is 0.902 bits per heavy atom. The molecule has 3 aromatic carbocycles. The number of para-hydroxylation sites is 1.